The Kier molecular flexibility index (Phi) is 5.49. The van der Waals surface area contributed by atoms with Crippen molar-refractivity contribution >= 4 is 5.97 Å². The van der Waals surface area contributed by atoms with Gasteiger partial charge in [-0.3, -0.25) is 4.89 Å². The highest BCUT2D eigenvalue weighted by Gasteiger charge is 2.15. The van der Waals surface area contributed by atoms with E-state index in [4.69, 9.17) is 14.5 Å². The largest absolute Gasteiger partial charge is 0.493 e. The Morgan fingerprint density at radius 3 is 2.65 bits per heavy atom. The molecule has 0 aromatic heterocycles. The summed E-state index contributed by atoms with van der Waals surface area (Å²) in [5.41, 5.74) is 0.373. The van der Waals surface area contributed by atoms with Gasteiger partial charge in [0.05, 0.1) is 6.61 Å². The summed E-state index contributed by atoms with van der Waals surface area (Å²) in [5, 5.41) is 0. The van der Waals surface area contributed by atoms with Gasteiger partial charge in [-0.05, 0) is 32.4 Å². The lowest BCUT2D eigenvalue weighted by molar-refractivity contribution is -0.270. The summed E-state index contributed by atoms with van der Waals surface area (Å²) >= 11 is 0. The van der Waals surface area contributed by atoms with E-state index in [9.17, 15) is 4.79 Å². The number of carbonyl (C=O) groups is 1. The fourth-order valence-corrected chi connectivity index (χ4v) is 1.16. The van der Waals surface area contributed by atoms with E-state index in [0.29, 0.717) is 17.9 Å². The predicted octanol–water partition coefficient (Wildman–Crippen LogP) is 2.97. The van der Waals surface area contributed by atoms with Crippen molar-refractivity contribution in [3.63, 3.8) is 0 Å². The molecule has 0 bridgehead atoms. The van der Waals surface area contributed by atoms with Gasteiger partial charge in [-0.1, -0.05) is 19.1 Å². The van der Waals surface area contributed by atoms with Gasteiger partial charge in [-0.25, -0.2) is 4.79 Å². The van der Waals surface area contributed by atoms with Crippen molar-refractivity contribution in [2.75, 3.05) is 6.61 Å². The molecule has 0 saturated heterocycles. The molecule has 0 fully saturated rings. The van der Waals surface area contributed by atoms with Gasteiger partial charge < -0.3 is 4.74 Å². The average Bonchev–Trinajstić information content (AvgIpc) is 2.36. The second kappa shape index (κ2) is 6.91. The highest BCUT2D eigenvalue weighted by Crippen LogP contribution is 2.19. The summed E-state index contributed by atoms with van der Waals surface area (Å²) in [6, 6.07) is 6.93. The maximum absolute atomic E-state index is 11.7. The Morgan fingerprint density at radius 2 is 2.00 bits per heavy atom. The normalized spacial score (nSPS) is 11.9. The van der Waals surface area contributed by atoms with Gasteiger partial charge in [-0.2, -0.15) is 4.89 Å². The summed E-state index contributed by atoms with van der Waals surface area (Å²) < 4.78 is 5.33. The third-order valence-corrected chi connectivity index (χ3v) is 2.27. The van der Waals surface area contributed by atoms with E-state index >= 15 is 0 Å². The molecule has 4 heteroatoms. The molecule has 0 aliphatic rings. The number of carbonyl (C=O) groups excluding carboxylic acids is 1. The molecule has 0 N–H and O–H groups in total. The van der Waals surface area contributed by atoms with Gasteiger partial charge in [0.25, 0.3) is 0 Å². The second-order valence-electron chi connectivity index (χ2n) is 3.62. The van der Waals surface area contributed by atoms with E-state index in [0.717, 1.165) is 6.42 Å². The molecule has 0 aliphatic carbocycles. The van der Waals surface area contributed by atoms with E-state index in [1.807, 2.05) is 20.8 Å². The highest BCUT2D eigenvalue weighted by molar-refractivity contribution is 5.92. The smallest absolute Gasteiger partial charge is 0.376 e. The zero-order chi connectivity index (χ0) is 12.7. The van der Waals surface area contributed by atoms with Crippen LogP contribution in [-0.2, 0) is 9.78 Å². The highest BCUT2D eigenvalue weighted by atomic mass is 17.2. The fraction of sp³-hybridized carbons (Fsp3) is 0.462. The molecular formula is C13H18O4. The summed E-state index contributed by atoms with van der Waals surface area (Å²) in [4.78, 5) is 21.4. The van der Waals surface area contributed by atoms with Crippen LogP contribution in [0.3, 0.4) is 0 Å². The van der Waals surface area contributed by atoms with Gasteiger partial charge in [0, 0.05) is 0 Å². The lowest BCUT2D eigenvalue weighted by atomic mass is 10.2. The Bertz CT molecular complexity index is 362. The summed E-state index contributed by atoms with van der Waals surface area (Å²) in [5.74, 6) is -0.0258. The van der Waals surface area contributed by atoms with Crippen LogP contribution < -0.4 is 4.74 Å². The van der Waals surface area contributed by atoms with Gasteiger partial charge in [0.2, 0.25) is 0 Å². The van der Waals surface area contributed by atoms with E-state index < -0.39 is 5.97 Å². The molecular weight excluding hydrogens is 220 g/mol. The molecule has 0 spiro atoms. The van der Waals surface area contributed by atoms with Crippen molar-refractivity contribution < 1.29 is 19.3 Å². The lowest BCUT2D eigenvalue weighted by Crippen LogP contribution is -2.13. The molecule has 94 valence electrons. The maximum Gasteiger partial charge on any atom is 0.376 e. The standard InChI is InChI=1S/C13H18O4/c1-4-10(3)16-17-13(14)11-8-6-7-9-12(11)15-5-2/h6-10H,4-5H2,1-3H3. The van der Waals surface area contributed by atoms with Gasteiger partial charge in [0.1, 0.15) is 17.4 Å². The topological polar surface area (TPSA) is 44.8 Å². The molecule has 1 rings (SSSR count). The van der Waals surface area contributed by atoms with Crippen LogP contribution in [0.4, 0.5) is 0 Å². The first kappa shape index (κ1) is 13.5. The summed E-state index contributed by atoms with van der Waals surface area (Å²) in [6.07, 6.45) is 0.665. The second-order valence-corrected chi connectivity index (χ2v) is 3.62. The third kappa shape index (κ3) is 4.07. The van der Waals surface area contributed by atoms with Crippen LogP contribution in [0.15, 0.2) is 24.3 Å². The fourth-order valence-electron chi connectivity index (χ4n) is 1.16. The monoisotopic (exact) mass is 238 g/mol. The molecule has 17 heavy (non-hydrogen) atoms. The van der Waals surface area contributed by atoms with Crippen LogP contribution in [0, 0.1) is 0 Å². The Hall–Kier alpha value is -1.55. The van der Waals surface area contributed by atoms with Crippen LogP contribution >= 0.6 is 0 Å². The van der Waals surface area contributed by atoms with Crippen molar-refractivity contribution in [3.05, 3.63) is 29.8 Å². The first-order chi connectivity index (χ1) is 8.19. The maximum atomic E-state index is 11.7. The third-order valence-electron chi connectivity index (χ3n) is 2.27. The van der Waals surface area contributed by atoms with Crippen molar-refractivity contribution in [2.24, 2.45) is 0 Å². The van der Waals surface area contributed by atoms with Crippen molar-refractivity contribution in [2.45, 2.75) is 33.3 Å². The van der Waals surface area contributed by atoms with Crippen LogP contribution in [0.5, 0.6) is 5.75 Å². The molecule has 4 nitrogen and oxygen atoms in total. The van der Waals surface area contributed by atoms with E-state index in [2.05, 4.69) is 0 Å². The first-order valence-electron chi connectivity index (χ1n) is 5.78. The zero-order valence-corrected chi connectivity index (χ0v) is 10.4. The quantitative estimate of drug-likeness (QED) is 0.564. The molecule has 1 atom stereocenters. The Morgan fingerprint density at radius 1 is 1.29 bits per heavy atom. The molecule has 0 heterocycles. The van der Waals surface area contributed by atoms with Gasteiger partial charge >= 0.3 is 5.97 Å². The number of para-hydroxylation sites is 1. The number of hydrogen-bond acceptors (Lipinski definition) is 4. The summed E-state index contributed by atoms with van der Waals surface area (Å²) in [7, 11) is 0. The zero-order valence-electron chi connectivity index (χ0n) is 10.4. The van der Waals surface area contributed by atoms with Crippen LogP contribution in [0.25, 0.3) is 0 Å². The first-order valence-corrected chi connectivity index (χ1v) is 5.78. The minimum atomic E-state index is -0.533. The average molecular weight is 238 g/mol. The van der Waals surface area contributed by atoms with E-state index in [-0.39, 0.29) is 6.10 Å². The number of ether oxygens (including phenoxy) is 1. The Balaban J connectivity index is 2.67. The van der Waals surface area contributed by atoms with Crippen molar-refractivity contribution in [1.82, 2.24) is 0 Å². The van der Waals surface area contributed by atoms with E-state index in [1.165, 1.54) is 0 Å². The molecule has 0 saturated carbocycles. The molecule has 0 radical (unpaired) electrons. The molecule has 1 aromatic rings. The van der Waals surface area contributed by atoms with Crippen molar-refractivity contribution in [3.8, 4) is 5.75 Å². The van der Waals surface area contributed by atoms with Crippen LogP contribution in [-0.4, -0.2) is 18.7 Å². The van der Waals surface area contributed by atoms with Crippen LogP contribution in [0.2, 0.25) is 0 Å². The van der Waals surface area contributed by atoms with Gasteiger partial charge in [-0.15, -0.1) is 0 Å². The molecule has 0 amide bonds. The minimum Gasteiger partial charge on any atom is -0.493 e. The van der Waals surface area contributed by atoms with E-state index in [1.54, 1.807) is 24.3 Å². The molecule has 1 unspecified atom stereocenters. The number of rotatable bonds is 6. The number of hydrogen-bond donors (Lipinski definition) is 0. The predicted molar refractivity (Wildman–Crippen MR) is 63.9 cm³/mol. The van der Waals surface area contributed by atoms with Gasteiger partial charge in [0.15, 0.2) is 0 Å². The number of benzene rings is 1. The lowest BCUT2D eigenvalue weighted by Gasteiger charge is -2.11. The Labute approximate surface area is 101 Å². The van der Waals surface area contributed by atoms with Crippen LogP contribution in [0.1, 0.15) is 37.6 Å². The molecule has 1 aromatic carbocycles. The molecule has 0 aliphatic heterocycles. The summed E-state index contributed by atoms with van der Waals surface area (Å²) in [6.45, 7) is 6.14. The minimum absolute atomic E-state index is 0.113. The van der Waals surface area contributed by atoms with Crippen molar-refractivity contribution in [1.29, 1.82) is 0 Å². The SMILES string of the molecule is CCOc1ccccc1C(=O)OOC(C)CC.